The topological polar surface area (TPSA) is 48.3 Å². The number of nitriles is 1. The average molecular weight is 284 g/mol. The van der Waals surface area contributed by atoms with Crippen molar-refractivity contribution < 1.29 is 4.74 Å². The van der Waals surface area contributed by atoms with E-state index in [-0.39, 0.29) is 18.5 Å². The highest BCUT2D eigenvalue weighted by Gasteiger charge is 2.12. The number of nitrogens with zero attached hydrogens (tertiary/aromatic N) is 2. The van der Waals surface area contributed by atoms with Crippen LogP contribution >= 0.6 is 24.4 Å². The van der Waals surface area contributed by atoms with Crippen LogP contribution in [0.2, 0.25) is 0 Å². The van der Waals surface area contributed by atoms with E-state index in [1.165, 1.54) is 11.9 Å². The van der Waals surface area contributed by atoms with Crippen molar-refractivity contribution in [2.75, 3.05) is 4.41 Å². The van der Waals surface area contributed by atoms with Crippen LogP contribution in [0.3, 0.4) is 0 Å². The molecule has 0 spiro atoms. The summed E-state index contributed by atoms with van der Waals surface area (Å²) in [5.74, 6) is 0.620. The predicted octanol–water partition coefficient (Wildman–Crippen LogP) is 3.21. The second-order valence-corrected chi connectivity index (χ2v) is 4.64. The number of hydrogen-bond donors (Lipinski definition) is 1. The molecule has 0 amide bonds. The van der Waals surface area contributed by atoms with Crippen LogP contribution in [0.15, 0.2) is 29.8 Å². The number of rotatable bonds is 3. The molecule has 0 aromatic heterocycles. The summed E-state index contributed by atoms with van der Waals surface area (Å²) in [5.41, 5.74) is 4.58. The maximum absolute atomic E-state index is 9.01. The van der Waals surface area contributed by atoms with Crippen LogP contribution in [0.1, 0.15) is 19.4 Å². The highest BCUT2D eigenvalue weighted by atomic mass is 35.5. The first-order valence-corrected chi connectivity index (χ1v) is 6.13. The maximum atomic E-state index is 9.01. The third-order valence-electron chi connectivity index (χ3n) is 2.11. The Hall–Kier alpha value is -1.51. The molecule has 1 aliphatic rings. The van der Waals surface area contributed by atoms with E-state index in [9.17, 15) is 0 Å². The van der Waals surface area contributed by atoms with Gasteiger partial charge in [-0.05, 0) is 26.0 Å². The molecular weight excluding hydrogens is 270 g/mol. The number of nitrogens with one attached hydrogen (secondary N) is 1. The van der Waals surface area contributed by atoms with Gasteiger partial charge in [-0.1, -0.05) is 0 Å². The molecule has 2 rings (SSSR count). The van der Waals surface area contributed by atoms with Crippen molar-refractivity contribution in [3.05, 3.63) is 35.4 Å². The molecule has 1 aliphatic heterocycles. The second kappa shape index (κ2) is 6.43. The van der Waals surface area contributed by atoms with E-state index in [1.54, 1.807) is 6.07 Å². The van der Waals surface area contributed by atoms with Crippen molar-refractivity contribution in [3.8, 4) is 11.8 Å². The van der Waals surface area contributed by atoms with Gasteiger partial charge in [-0.3, -0.25) is 5.43 Å². The number of benzene rings is 1. The lowest BCUT2D eigenvalue weighted by Crippen LogP contribution is -2.22. The fourth-order valence-corrected chi connectivity index (χ4v) is 2.04. The van der Waals surface area contributed by atoms with Crippen molar-refractivity contribution in [2.24, 2.45) is 0 Å². The van der Waals surface area contributed by atoms with Gasteiger partial charge in [0.2, 0.25) is 0 Å². The molecule has 4 nitrogen and oxygen atoms in total. The molecule has 0 radical (unpaired) electrons. The minimum atomic E-state index is 0. The Labute approximate surface area is 117 Å². The van der Waals surface area contributed by atoms with Crippen LogP contribution in [0, 0.1) is 11.3 Å². The fraction of sp³-hybridized carbons (Fsp3) is 0.250. The highest BCUT2D eigenvalue weighted by molar-refractivity contribution is 8.03. The van der Waals surface area contributed by atoms with E-state index in [0.29, 0.717) is 11.3 Å². The Morgan fingerprint density at radius 2 is 2.22 bits per heavy atom. The molecule has 0 atom stereocenters. The lowest BCUT2D eigenvalue weighted by atomic mass is 10.2. The molecule has 1 N–H and O–H groups in total. The SMILES string of the molecule is CC(C)Oc1cc(N2NC=CS2)ccc1C#N.Cl. The normalized spacial score (nSPS) is 12.9. The van der Waals surface area contributed by atoms with Gasteiger partial charge in [-0.25, -0.2) is 4.41 Å². The average Bonchev–Trinajstić information content (AvgIpc) is 2.81. The monoisotopic (exact) mass is 283 g/mol. The quantitative estimate of drug-likeness (QED) is 0.863. The van der Waals surface area contributed by atoms with Crippen LogP contribution in [0.25, 0.3) is 0 Å². The molecule has 1 heterocycles. The number of hydrogen-bond acceptors (Lipinski definition) is 5. The molecule has 18 heavy (non-hydrogen) atoms. The Morgan fingerprint density at radius 3 is 2.78 bits per heavy atom. The minimum absolute atomic E-state index is 0. The van der Waals surface area contributed by atoms with E-state index in [2.05, 4.69) is 11.5 Å². The zero-order valence-electron chi connectivity index (χ0n) is 10.1. The van der Waals surface area contributed by atoms with Crippen LogP contribution in [-0.4, -0.2) is 6.10 Å². The van der Waals surface area contributed by atoms with Gasteiger partial charge in [0, 0.05) is 29.6 Å². The number of anilines is 1. The Bertz CT molecular complexity index is 477. The zero-order chi connectivity index (χ0) is 12.3. The van der Waals surface area contributed by atoms with Gasteiger partial charge in [0.05, 0.1) is 17.4 Å². The summed E-state index contributed by atoms with van der Waals surface area (Å²) in [6, 6.07) is 7.66. The van der Waals surface area contributed by atoms with Gasteiger partial charge in [0.25, 0.3) is 0 Å². The third-order valence-corrected chi connectivity index (χ3v) is 2.89. The van der Waals surface area contributed by atoms with Gasteiger partial charge >= 0.3 is 0 Å². The molecule has 96 valence electrons. The Balaban J connectivity index is 0.00000162. The van der Waals surface area contributed by atoms with E-state index in [1.807, 2.05) is 42.0 Å². The van der Waals surface area contributed by atoms with Crippen LogP contribution in [-0.2, 0) is 0 Å². The van der Waals surface area contributed by atoms with Crippen molar-refractivity contribution in [2.45, 2.75) is 20.0 Å². The lowest BCUT2D eigenvalue weighted by molar-refractivity contribution is 0.242. The summed E-state index contributed by atoms with van der Waals surface area (Å²) in [6.07, 6.45) is 1.90. The summed E-state index contributed by atoms with van der Waals surface area (Å²) >= 11 is 1.54. The van der Waals surface area contributed by atoms with Gasteiger partial charge in [0.1, 0.15) is 11.8 Å². The van der Waals surface area contributed by atoms with Gasteiger partial charge in [-0.2, -0.15) is 5.26 Å². The molecule has 0 unspecified atom stereocenters. The molecule has 0 fully saturated rings. The summed E-state index contributed by atoms with van der Waals surface area (Å²) in [7, 11) is 0. The first kappa shape index (κ1) is 14.6. The molecule has 0 bridgehead atoms. The molecule has 1 aromatic carbocycles. The van der Waals surface area contributed by atoms with E-state index < -0.39 is 0 Å². The first-order chi connectivity index (χ1) is 8.20. The van der Waals surface area contributed by atoms with E-state index >= 15 is 0 Å². The van der Waals surface area contributed by atoms with Gasteiger partial charge in [0.15, 0.2) is 0 Å². The Kier molecular flexibility index (Phi) is 5.20. The molecule has 0 aliphatic carbocycles. The number of ether oxygens (including phenoxy) is 1. The number of hydrazine groups is 1. The van der Waals surface area contributed by atoms with Crippen LogP contribution in [0.5, 0.6) is 5.75 Å². The fourth-order valence-electron chi connectivity index (χ4n) is 1.44. The van der Waals surface area contributed by atoms with Crippen LogP contribution < -0.4 is 14.6 Å². The zero-order valence-corrected chi connectivity index (χ0v) is 11.7. The maximum Gasteiger partial charge on any atom is 0.139 e. The summed E-state index contributed by atoms with van der Waals surface area (Å²) in [4.78, 5) is 0. The molecule has 1 aromatic rings. The largest absolute Gasteiger partial charge is 0.490 e. The Morgan fingerprint density at radius 1 is 1.44 bits per heavy atom. The van der Waals surface area contributed by atoms with Gasteiger partial charge in [-0.15, -0.1) is 12.4 Å². The second-order valence-electron chi connectivity index (χ2n) is 3.79. The smallest absolute Gasteiger partial charge is 0.139 e. The van der Waals surface area contributed by atoms with E-state index in [0.717, 1.165) is 5.69 Å². The molecule has 6 heteroatoms. The van der Waals surface area contributed by atoms with Crippen molar-refractivity contribution in [1.82, 2.24) is 5.43 Å². The molecule has 0 saturated heterocycles. The lowest BCUT2D eigenvalue weighted by Gasteiger charge is -2.18. The molecular formula is C12H14ClN3OS. The summed E-state index contributed by atoms with van der Waals surface area (Å²) in [5, 5.41) is 11.0. The van der Waals surface area contributed by atoms with Crippen molar-refractivity contribution in [3.63, 3.8) is 0 Å². The van der Waals surface area contributed by atoms with Crippen molar-refractivity contribution in [1.29, 1.82) is 5.26 Å². The van der Waals surface area contributed by atoms with Crippen LogP contribution in [0.4, 0.5) is 5.69 Å². The summed E-state index contributed by atoms with van der Waals surface area (Å²) < 4.78 is 7.53. The highest BCUT2D eigenvalue weighted by Crippen LogP contribution is 2.30. The minimum Gasteiger partial charge on any atom is -0.490 e. The first-order valence-electron chi connectivity index (χ1n) is 5.29. The third kappa shape index (κ3) is 3.25. The number of halogens is 1. The molecule has 0 saturated carbocycles. The van der Waals surface area contributed by atoms with E-state index in [4.69, 9.17) is 10.00 Å². The van der Waals surface area contributed by atoms with Crippen molar-refractivity contribution >= 4 is 30.0 Å². The standard InChI is InChI=1S/C12H13N3OS.ClH/c1-9(2)16-12-7-11(4-3-10(12)8-13)15-14-5-6-17-15;/h3-7,9,14H,1-2H3;1H. The predicted molar refractivity (Wildman–Crippen MR) is 76.5 cm³/mol. The summed E-state index contributed by atoms with van der Waals surface area (Å²) in [6.45, 7) is 3.89. The van der Waals surface area contributed by atoms with Gasteiger partial charge < -0.3 is 4.74 Å².